The number of aromatic hydroxyl groups is 1. The summed E-state index contributed by atoms with van der Waals surface area (Å²) in [5, 5.41) is 29.4. The van der Waals surface area contributed by atoms with Crippen LogP contribution in [0, 0.1) is 17.2 Å². The Labute approximate surface area is 236 Å². The fourth-order valence-electron chi connectivity index (χ4n) is 5.66. The van der Waals surface area contributed by atoms with E-state index in [0.717, 1.165) is 35.0 Å². The monoisotopic (exact) mass is 555 g/mol. The second-order valence-electron chi connectivity index (χ2n) is 12.9. The van der Waals surface area contributed by atoms with E-state index < -0.39 is 5.97 Å². The Morgan fingerprint density at radius 3 is 1.85 bits per heavy atom. The van der Waals surface area contributed by atoms with E-state index in [1.165, 1.54) is 0 Å². The minimum absolute atomic E-state index is 0. The fraction of sp³-hybridized carbons (Fsp3) is 0.516. The molecule has 0 atom stereocenters. The molecule has 39 heavy (non-hydrogen) atoms. The normalized spacial score (nSPS) is 18.1. The lowest BCUT2D eigenvalue weighted by Gasteiger charge is -2.28. The predicted octanol–water partition coefficient (Wildman–Crippen LogP) is 6.42. The summed E-state index contributed by atoms with van der Waals surface area (Å²) in [7, 11) is 0. The number of carboxylic acids is 1. The van der Waals surface area contributed by atoms with Gasteiger partial charge in [-0.2, -0.15) is 0 Å². The van der Waals surface area contributed by atoms with Crippen LogP contribution in [0.25, 0.3) is 11.0 Å². The smallest absolute Gasteiger partial charge is 0.306 e. The molecule has 3 aromatic rings. The van der Waals surface area contributed by atoms with Gasteiger partial charge in [0.15, 0.2) is 5.78 Å². The molecule has 0 bridgehead atoms. The zero-order valence-corrected chi connectivity index (χ0v) is 24.7. The Balaban J connectivity index is 0.00000420. The number of carboxylic acid groups (broad SMARTS) is 1. The number of phenolic OH excluding ortho intramolecular Hbond substituents is 1. The molecule has 1 aromatic heterocycles. The van der Waals surface area contributed by atoms with Gasteiger partial charge in [-0.1, -0.05) is 53.7 Å². The SMILES string of the molecule is CC(C)(C)c1cc(C(=O)Cn2c(=N)n(CC3CCC(C(=O)O)CC3)c3ccccc32)cc(C(C)(C)C)c1O.Cl. The molecule has 1 saturated carbocycles. The van der Waals surface area contributed by atoms with Crippen molar-refractivity contribution in [1.29, 1.82) is 5.41 Å². The average molecular weight is 556 g/mol. The van der Waals surface area contributed by atoms with Crippen molar-refractivity contribution in [3.63, 3.8) is 0 Å². The van der Waals surface area contributed by atoms with Crippen LogP contribution >= 0.6 is 12.4 Å². The summed E-state index contributed by atoms with van der Waals surface area (Å²) >= 11 is 0. The van der Waals surface area contributed by atoms with Gasteiger partial charge in [-0.15, -0.1) is 12.4 Å². The number of hydrogen-bond donors (Lipinski definition) is 3. The number of benzene rings is 2. The fourth-order valence-corrected chi connectivity index (χ4v) is 5.66. The third-order valence-electron chi connectivity index (χ3n) is 7.96. The molecule has 4 rings (SSSR count). The van der Waals surface area contributed by atoms with E-state index in [2.05, 4.69) is 0 Å². The second kappa shape index (κ2) is 11.2. The number of nitrogens with one attached hydrogen (secondary N) is 1. The van der Waals surface area contributed by atoms with Crippen molar-refractivity contribution in [3.05, 3.63) is 58.7 Å². The van der Waals surface area contributed by atoms with Crippen molar-refractivity contribution in [3.8, 4) is 5.75 Å². The highest BCUT2D eigenvalue weighted by atomic mass is 35.5. The molecule has 0 spiro atoms. The molecule has 0 saturated heterocycles. The number of phenols is 1. The van der Waals surface area contributed by atoms with Crippen molar-refractivity contribution >= 4 is 35.2 Å². The van der Waals surface area contributed by atoms with E-state index in [9.17, 15) is 19.8 Å². The van der Waals surface area contributed by atoms with Gasteiger partial charge in [-0.25, -0.2) is 0 Å². The topological polar surface area (TPSA) is 108 Å². The van der Waals surface area contributed by atoms with Crippen molar-refractivity contribution in [2.45, 2.75) is 91.1 Å². The summed E-state index contributed by atoms with van der Waals surface area (Å²) in [4.78, 5) is 25.1. The summed E-state index contributed by atoms with van der Waals surface area (Å²) in [5.74, 6) is -0.553. The highest BCUT2D eigenvalue weighted by molar-refractivity contribution is 5.97. The van der Waals surface area contributed by atoms with Gasteiger partial charge in [-0.3, -0.25) is 15.0 Å². The third kappa shape index (κ3) is 6.24. The van der Waals surface area contributed by atoms with Crippen molar-refractivity contribution in [2.24, 2.45) is 11.8 Å². The number of nitrogens with zero attached hydrogens (tertiary/aromatic N) is 2. The van der Waals surface area contributed by atoms with E-state index in [1.807, 2.05) is 70.4 Å². The Kier molecular flexibility index (Phi) is 8.76. The van der Waals surface area contributed by atoms with Gasteiger partial charge < -0.3 is 19.3 Å². The molecule has 0 radical (unpaired) electrons. The van der Waals surface area contributed by atoms with Crippen molar-refractivity contribution in [2.75, 3.05) is 0 Å². The lowest BCUT2D eigenvalue weighted by Crippen LogP contribution is -2.31. The van der Waals surface area contributed by atoms with E-state index in [0.29, 0.717) is 30.9 Å². The van der Waals surface area contributed by atoms with Gasteiger partial charge in [-0.05, 0) is 66.7 Å². The zero-order valence-electron chi connectivity index (χ0n) is 23.9. The summed E-state index contributed by atoms with van der Waals surface area (Å²) in [5.41, 5.74) is 3.33. The van der Waals surface area contributed by atoms with E-state index >= 15 is 0 Å². The number of rotatable bonds is 6. The molecule has 3 N–H and O–H groups in total. The number of halogens is 1. The second-order valence-corrected chi connectivity index (χ2v) is 12.9. The number of aromatic nitrogens is 2. The minimum atomic E-state index is -0.717. The molecular formula is C31H42ClN3O4. The van der Waals surface area contributed by atoms with Crippen LogP contribution in [0.15, 0.2) is 36.4 Å². The maximum absolute atomic E-state index is 13.7. The Morgan fingerprint density at radius 1 is 0.897 bits per heavy atom. The molecule has 7 nitrogen and oxygen atoms in total. The van der Waals surface area contributed by atoms with Crippen LogP contribution in [0.1, 0.15) is 88.7 Å². The third-order valence-corrected chi connectivity index (χ3v) is 7.96. The molecule has 2 aromatic carbocycles. The number of para-hydroxylation sites is 2. The minimum Gasteiger partial charge on any atom is -0.507 e. The molecule has 1 aliphatic carbocycles. The highest BCUT2D eigenvalue weighted by Gasteiger charge is 2.29. The summed E-state index contributed by atoms with van der Waals surface area (Å²) in [6.07, 6.45) is 2.97. The quantitative estimate of drug-likeness (QED) is 0.305. The number of aliphatic carboxylic acids is 1. The summed E-state index contributed by atoms with van der Waals surface area (Å²) in [6, 6.07) is 11.4. The van der Waals surface area contributed by atoms with Crippen LogP contribution in [0.5, 0.6) is 5.75 Å². The number of fused-ring (bicyclic) bond motifs is 1. The van der Waals surface area contributed by atoms with E-state index in [1.54, 1.807) is 16.7 Å². The molecule has 0 aliphatic heterocycles. The molecule has 1 aliphatic rings. The molecular weight excluding hydrogens is 514 g/mol. The lowest BCUT2D eigenvalue weighted by atomic mass is 9.78. The average Bonchev–Trinajstić information content (AvgIpc) is 3.09. The van der Waals surface area contributed by atoms with Crippen LogP contribution in [0.4, 0.5) is 0 Å². The summed E-state index contributed by atoms with van der Waals surface area (Å²) in [6.45, 7) is 12.8. The molecule has 1 fully saturated rings. The molecule has 1 heterocycles. The Hall–Kier alpha value is -3.06. The van der Waals surface area contributed by atoms with Crippen LogP contribution in [-0.2, 0) is 28.7 Å². The summed E-state index contributed by atoms with van der Waals surface area (Å²) < 4.78 is 3.73. The first-order chi connectivity index (χ1) is 17.7. The molecule has 0 amide bonds. The largest absolute Gasteiger partial charge is 0.507 e. The number of hydrogen-bond acceptors (Lipinski definition) is 4. The Bertz CT molecular complexity index is 1400. The number of carbonyl (C=O) groups is 2. The van der Waals surface area contributed by atoms with Crippen LogP contribution in [-0.4, -0.2) is 31.1 Å². The van der Waals surface area contributed by atoms with Gasteiger partial charge in [0.05, 0.1) is 23.5 Å². The number of ketones is 1. The van der Waals surface area contributed by atoms with Crippen LogP contribution in [0.2, 0.25) is 0 Å². The number of carbonyl (C=O) groups excluding carboxylic acids is 1. The highest BCUT2D eigenvalue weighted by Crippen LogP contribution is 2.40. The molecule has 8 heteroatoms. The van der Waals surface area contributed by atoms with Crippen molar-refractivity contribution in [1.82, 2.24) is 9.13 Å². The van der Waals surface area contributed by atoms with Gasteiger partial charge in [0.25, 0.3) is 0 Å². The number of Topliss-reactive ketones (excluding diaryl/α,β-unsaturated/α-hetero) is 1. The van der Waals surface area contributed by atoms with Gasteiger partial charge in [0, 0.05) is 23.2 Å². The number of imidazole rings is 1. The maximum Gasteiger partial charge on any atom is 0.306 e. The van der Waals surface area contributed by atoms with Gasteiger partial charge in [0.2, 0.25) is 5.62 Å². The molecule has 0 unspecified atom stereocenters. The maximum atomic E-state index is 13.7. The van der Waals surface area contributed by atoms with E-state index in [4.69, 9.17) is 5.41 Å². The van der Waals surface area contributed by atoms with Crippen LogP contribution in [0.3, 0.4) is 0 Å². The first-order valence-electron chi connectivity index (χ1n) is 13.5. The van der Waals surface area contributed by atoms with Crippen molar-refractivity contribution < 1.29 is 19.8 Å². The van der Waals surface area contributed by atoms with Gasteiger partial charge >= 0.3 is 5.97 Å². The van der Waals surface area contributed by atoms with E-state index in [-0.39, 0.29) is 52.9 Å². The first kappa shape index (κ1) is 30.5. The Morgan fingerprint density at radius 2 is 1.38 bits per heavy atom. The standard InChI is InChI=1S/C31H41N3O4.ClH/c1-30(2,3)22-15-21(16-23(27(22)36)31(4,5)6)26(35)18-34-25-10-8-7-9-24(25)33(29(34)32)17-19-11-13-20(14-12-19)28(37)38;/h7-10,15-16,19-20,32,36H,11-14,17-18H2,1-6H3,(H,37,38);1H. The first-order valence-corrected chi connectivity index (χ1v) is 13.5. The lowest BCUT2D eigenvalue weighted by molar-refractivity contribution is -0.143. The zero-order chi connectivity index (χ0) is 28.0. The molecule has 212 valence electrons. The van der Waals surface area contributed by atoms with Crippen LogP contribution < -0.4 is 5.62 Å². The van der Waals surface area contributed by atoms with Gasteiger partial charge in [0.1, 0.15) is 5.75 Å². The predicted molar refractivity (Wildman–Crippen MR) is 156 cm³/mol.